The highest BCUT2D eigenvalue weighted by atomic mass is 16.5. The Morgan fingerprint density at radius 3 is 2.34 bits per heavy atom. The number of nitrogens with zero attached hydrogens (tertiary/aromatic N) is 2. The van der Waals surface area contributed by atoms with E-state index < -0.39 is 0 Å². The number of hydrogen-bond acceptors (Lipinski definition) is 5. The summed E-state index contributed by atoms with van der Waals surface area (Å²) in [6.07, 6.45) is 3.95. The highest BCUT2D eigenvalue weighted by molar-refractivity contribution is 5.94. The van der Waals surface area contributed by atoms with Gasteiger partial charge < -0.3 is 10.1 Å². The topological polar surface area (TPSA) is 83.0 Å². The third-order valence-corrected chi connectivity index (χ3v) is 5.29. The summed E-state index contributed by atoms with van der Waals surface area (Å²) in [5.41, 5.74) is 4.21. The number of nitrogens with one attached hydrogen (secondary N) is 2. The van der Waals surface area contributed by atoms with Gasteiger partial charge in [0.2, 0.25) is 0 Å². The molecule has 2 amide bonds. The predicted molar refractivity (Wildman–Crippen MR) is 128 cm³/mol. The predicted octanol–water partition coefficient (Wildman–Crippen LogP) is 3.46. The van der Waals surface area contributed by atoms with Gasteiger partial charge in [0.25, 0.3) is 11.8 Å². The molecule has 1 atom stereocenters. The number of hydrogen-bond donors (Lipinski definition) is 2. The highest BCUT2D eigenvalue weighted by Gasteiger charge is 2.23. The highest BCUT2D eigenvalue weighted by Crippen LogP contribution is 2.11. The smallest absolute Gasteiger partial charge is 0.257 e. The van der Waals surface area contributed by atoms with E-state index in [0.29, 0.717) is 18.5 Å². The summed E-state index contributed by atoms with van der Waals surface area (Å²) in [7, 11) is 1.62. The fraction of sp³-hybridized carbons (Fsp3) is 0.400. The third-order valence-electron chi connectivity index (χ3n) is 5.29. The maximum atomic E-state index is 12.8. The number of likely N-dealkylation sites (N-methyl/N-ethyl adjacent to an activating group) is 1. The number of unbranched alkanes of at least 4 members (excludes halogenated alkanes) is 1. The lowest BCUT2D eigenvalue weighted by Gasteiger charge is -2.28. The quantitative estimate of drug-likeness (QED) is 0.285. The van der Waals surface area contributed by atoms with Gasteiger partial charge in [0, 0.05) is 12.1 Å². The van der Waals surface area contributed by atoms with Gasteiger partial charge in [-0.1, -0.05) is 32.0 Å². The van der Waals surface area contributed by atoms with Crippen molar-refractivity contribution in [1.82, 2.24) is 15.6 Å². The minimum absolute atomic E-state index is 0.0727. The molecule has 0 fully saturated rings. The summed E-state index contributed by atoms with van der Waals surface area (Å²) in [5, 5.41) is 7.06. The van der Waals surface area contributed by atoms with Gasteiger partial charge >= 0.3 is 0 Å². The standard InChI is InChI=1S/C25H34N4O3/c1-4-29(5-2)23(13-9-10-18-26-24(30)21-11-7-6-8-12-21)25(31)28-27-19-20-14-16-22(32-3)17-15-20/h6-8,11-12,14-17,19,23H,4-5,9-10,13,18H2,1-3H3,(H,26,30)(H,28,31)/b27-19+. The number of rotatable bonds is 13. The number of benzene rings is 2. The molecule has 7 heteroatoms. The number of hydrazone groups is 1. The summed E-state index contributed by atoms with van der Waals surface area (Å²) < 4.78 is 5.14. The Bertz CT molecular complexity index is 849. The van der Waals surface area contributed by atoms with Gasteiger partial charge in [0.15, 0.2) is 0 Å². The molecule has 32 heavy (non-hydrogen) atoms. The van der Waals surface area contributed by atoms with E-state index in [4.69, 9.17) is 4.74 Å². The maximum Gasteiger partial charge on any atom is 0.257 e. The zero-order valence-electron chi connectivity index (χ0n) is 19.2. The van der Waals surface area contributed by atoms with Crippen molar-refractivity contribution in [3.8, 4) is 5.75 Å². The fourth-order valence-corrected chi connectivity index (χ4v) is 3.43. The Morgan fingerprint density at radius 1 is 1.03 bits per heavy atom. The first-order valence-electron chi connectivity index (χ1n) is 11.1. The van der Waals surface area contributed by atoms with Crippen molar-refractivity contribution in [1.29, 1.82) is 0 Å². The van der Waals surface area contributed by atoms with Gasteiger partial charge in [0.1, 0.15) is 5.75 Å². The second-order valence-corrected chi connectivity index (χ2v) is 7.36. The van der Waals surface area contributed by atoms with Gasteiger partial charge in [-0.3, -0.25) is 14.5 Å². The summed E-state index contributed by atoms with van der Waals surface area (Å²) >= 11 is 0. The van der Waals surface area contributed by atoms with Crippen molar-refractivity contribution in [3.05, 3.63) is 65.7 Å². The molecule has 2 aromatic carbocycles. The molecule has 0 heterocycles. The van der Waals surface area contributed by atoms with E-state index in [9.17, 15) is 9.59 Å². The van der Waals surface area contributed by atoms with E-state index in [-0.39, 0.29) is 17.9 Å². The first-order valence-corrected chi connectivity index (χ1v) is 11.1. The second-order valence-electron chi connectivity index (χ2n) is 7.36. The lowest BCUT2D eigenvalue weighted by molar-refractivity contribution is -0.126. The molecule has 0 aliphatic heterocycles. The second kappa shape index (κ2) is 14.0. The van der Waals surface area contributed by atoms with Gasteiger partial charge in [0.05, 0.1) is 19.4 Å². The van der Waals surface area contributed by atoms with E-state index in [2.05, 4.69) is 20.7 Å². The largest absolute Gasteiger partial charge is 0.497 e. The SMILES string of the molecule is CCN(CC)C(CCCCNC(=O)c1ccccc1)C(=O)N/N=C/c1ccc(OC)cc1. The van der Waals surface area contributed by atoms with Crippen LogP contribution in [-0.2, 0) is 4.79 Å². The molecule has 7 nitrogen and oxygen atoms in total. The van der Waals surface area contributed by atoms with Crippen LogP contribution < -0.4 is 15.5 Å². The number of methoxy groups -OCH3 is 1. The lowest BCUT2D eigenvalue weighted by Crippen LogP contribution is -2.45. The summed E-state index contributed by atoms with van der Waals surface area (Å²) in [5.74, 6) is 0.580. The maximum absolute atomic E-state index is 12.8. The molecular weight excluding hydrogens is 404 g/mol. The molecule has 2 rings (SSSR count). The number of ether oxygens (including phenoxy) is 1. The molecule has 2 aromatic rings. The molecule has 0 saturated heterocycles. The van der Waals surface area contributed by atoms with Gasteiger partial charge in [-0.15, -0.1) is 0 Å². The molecule has 1 unspecified atom stereocenters. The van der Waals surface area contributed by atoms with E-state index in [0.717, 1.165) is 37.2 Å². The van der Waals surface area contributed by atoms with Crippen LogP contribution in [-0.4, -0.2) is 55.7 Å². The van der Waals surface area contributed by atoms with Gasteiger partial charge in [-0.25, -0.2) is 5.43 Å². The van der Waals surface area contributed by atoms with Crippen molar-refractivity contribution < 1.29 is 14.3 Å². The van der Waals surface area contributed by atoms with Crippen LogP contribution in [0.4, 0.5) is 0 Å². The molecule has 0 radical (unpaired) electrons. The summed E-state index contributed by atoms with van der Waals surface area (Å²) in [4.78, 5) is 27.0. The average molecular weight is 439 g/mol. The van der Waals surface area contributed by atoms with Crippen LogP contribution in [0.25, 0.3) is 0 Å². The van der Waals surface area contributed by atoms with Crippen LogP contribution >= 0.6 is 0 Å². The van der Waals surface area contributed by atoms with Crippen LogP contribution in [0, 0.1) is 0 Å². The minimum atomic E-state index is -0.261. The van der Waals surface area contributed by atoms with E-state index in [1.165, 1.54) is 0 Å². The molecule has 0 spiro atoms. The first kappa shape index (κ1) is 25.1. The normalized spacial score (nSPS) is 12.0. The van der Waals surface area contributed by atoms with Crippen LogP contribution in [0.2, 0.25) is 0 Å². The zero-order chi connectivity index (χ0) is 23.2. The Kier molecular flexibility index (Phi) is 11.0. The average Bonchev–Trinajstić information content (AvgIpc) is 2.84. The zero-order valence-corrected chi connectivity index (χ0v) is 19.2. The lowest BCUT2D eigenvalue weighted by atomic mass is 10.1. The van der Waals surface area contributed by atoms with E-state index in [1.807, 2.05) is 56.3 Å². The Labute approximate surface area is 190 Å². The molecule has 0 bridgehead atoms. The molecule has 0 aliphatic rings. The van der Waals surface area contributed by atoms with Gasteiger partial charge in [-0.2, -0.15) is 5.10 Å². The fourth-order valence-electron chi connectivity index (χ4n) is 3.43. The summed E-state index contributed by atoms with van der Waals surface area (Å²) in [6.45, 7) is 6.23. The van der Waals surface area contributed by atoms with Crippen LogP contribution in [0.5, 0.6) is 5.75 Å². The van der Waals surface area contributed by atoms with Crippen molar-refractivity contribution in [2.45, 2.75) is 39.2 Å². The monoisotopic (exact) mass is 438 g/mol. The van der Waals surface area contributed by atoms with Gasteiger partial charge in [-0.05, 0) is 74.3 Å². The number of carbonyl (C=O) groups is 2. The van der Waals surface area contributed by atoms with E-state index in [1.54, 1.807) is 25.5 Å². The molecule has 2 N–H and O–H groups in total. The minimum Gasteiger partial charge on any atom is -0.497 e. The molecule has 0 aliphatic carbocycles. The Hall–Kier alpha value is -3.19. The third kappa shape index (κ3) is 8.15. The van der Waals surface area contributed by atoms with Crippen molar-refractivity contribution >= 4 is 18.0 Å². The number of carbonyl (C=O) groups excluding carboxylic acids is 2. The molecular formula is C25H34N4O3. The number of amides is 2. The van der Waals surface area contributed by atoms with Crippen LogP contribution in [0.15, 0.2) is 59.7 Å². The van der Waals surface area contributed by atoms with Crippen molar-refractivity contribution in [2.75, 3.05) is 26.7 Å². The van der Waals surface area contributed by atoms with Crippen molar-refractivity contribution in [2.24, 2.45) is 5.10 Å². The Balaban J connectivity index is 1.82. The first-order chi connectivity index (χ1) is 15.6. The van der Waals surface area contributed by atoms with Crippen molar-refractivity contribution in [3.63, 3.8) is 0 Å². The van der Waals surface area contributed by atoms with Crippen LogP contribution in [0.1, 0.15) is 49.0 Å². The Morgan fingerprint density at radius 2 is 1.72 bits per heavy atom. The molecule has 0 saturated carbocycles. The van der Waals surface area contributed by atoms with E-state index >= 15 is 0 Å². The molecule has 172 valence electrons. The summed E-state index contributed by atoms with van der Waals surface area (Å²) in [6, 6.07) is 16.3. The van der Waals surface area contributed by atoms with Crippen LogP contribution in [0.3, 0.4) is 0 Å². The molecule has 0 aromatic heterocycles.